The number of anilines is 1. The highest BCUT2D eigenvalue weighted by molar-refractivity contribution is 14.1. The second-order valence-electron chi connectivity index (χ2n) is 5.53. The number of hydrogen-bond acceptors (Lipinski definition) is 6. The molecule has 0 heterocycles. The molecule has 0 spiro atoms. The largest absolute Gasteiger partial charge is 0.497 e. The van der Waals surface area contributed by atoms with Crippen LogP contribution in [0.2, 0.25) is 0 Å². The number of carbonyl (C=O) groups is 2. The van der Waals surface area contributed by atoms with Gasteiger partial charge in [-0.15, -0.1) is 0 Å². The van der Waals surface area contributed by atoms with Gasteiger partial charge in [-0.25, -0.2) is 4.79 Å². The van der Waals surface area contributed by atoms with Gasteiger partial charge < -0.3 is 19.5 Å². The molecule has 0 saturated heterocycles. The number of esters is 1. The molecule has 0 radical (unpaired) electrons. The summed E-state index contributed by atoms with van der Waals surface area (Å²) in [6.07, 6.45) is 1.47. The van der Waals surface area contributed by atoms with Gasteiger partial charge in [0.25, 0.3) is 5.91 Å². The molecule has 0 atom stereocenters. The number of nitriles is 1. The van der Waals surface area contributed by atoms with Gasteiger partial charge in [0, 0.05) is 5.69 Å². The Kier molecular flexibility index (Phi) is 8.48. The predicted octanol–water partition coefficient (Wildman–Crippen LogP) is 4.16. The van der Waals surface area contributed by atoms with Gasteiger partial charge in [0.2, 0.25) is 0 Å². The minimum absolute atomic E-state index is 0.0632. The normalized spacial score (nSPS) is 10.7. The van der Waals surface area contributed by atoms with Crippen LogP contribution in [0.15, 0.2) is 46.4 Å². The number of hydrogen-bond donors (Lipinski definition) is 1. The van der Waals surface area contributed by atoms with Gasteiger partial charge in [0.1, 0.15) is 23.1 Å². The van der Waals surface area contributed by atoms with Crippen molar-refractivity contribution in [2.45, 2.75) is 0 Å². The van der Waals surface area contributed by atoms with Crippen molar-refractivity contribution >= 4 is 62.2 Å². The van der Waals surface area contributed by atoms with Crippen LogP contribution in [-0.4, -0.2) is 32.7 Å². The number of carbonyl (C=O) groups excluding carboxylic acids is 2. The maximum Gasteiger partial charge on any atom is 0.343 e. The van der Waals surface area contributed by atoms with E-state index < -0.39 is 11.9 Å². The van der Waals surface area contributed by atoms with Gasteiger partial charge in [-0.2, -0.15) is 5.26 Å². The molecule has 150 valence electrons. The minimum atomic E-state index is -0.533. The quantitative estimate of drug-likeness (QED) is 0.232. The lowest BCUT2D eigenvalue weighted by molar-refractivity contribution is -0.142. The molecule has 29 heavy (non-hydrogen) atoms. The number of methoxy groups -OCH3 is 2. The van der Waals surface area contributed by atoms with Crippen LogP contribution in [0, 0.1) is 14.9 Å². The summed E-state index contributed by atoms with van der Waals surface area (Å²) in [7, 11) is 2.83. The molecule has 0 unspecified atom stereocenters. The second-order valence-corrected chi connectivity index (χ2v) is 7.55. The van der Waals surface area contributed by atoms with Gasteiger partial charge in [-0.1, -0.05) is 0 Å². The van der Waals surface area contributed by atoms with Crippen LogP contribution in [0.4, 0.5) is 5.69 Å². The number of ether oxygens (including phenoxy) is 3. The van der Waals surface area contributed by atoms with Gasteiger partial charge in [0.05, 0.1) is 22.3 Å². The summed E-state index contributed by atoms with van der Waals surface area (Å²) in [5, 5.41) is 12.1. The standard InChI is InChI=1S/C20H16BrIN2O5/c1-27-15-5-3-14(4-6-15)24-20(26)13(10-23)7-12-8-16(21)19(17(22)9-12)29-11-18(25)28-2/h3-9H,11H2,1-2H3,(H,24,26)/b13-7-. The Hall–Kier alpha value is -2.58. The molecule has 1 amide bonds. The summed E-state index contributed by atoms with van der Waals surface area (Å²) < 4.78 is 16.3. The summed E-state index contributed by atoms with van der Waals surface area (Å²) in [6, 6.07) is 12.1. The third-order valence-electron chi connectivity index (χ3n) is 3.61. The van der Waals surface area contributed by atoms with Crippen LogP contribution < -0.4 is 14.8 Å². The van der Waals surface area contributed by atoms with E-state index in [1.165, 1.54) is 13.2 Å². The maximum atomic E-state index is 12.4. The fourth-order valence-electron chi connectivity index (χ4n) is 2.18. The first kappa shape index (κ1) is 22.7. The van der Waals surface area contributed by atoms with Gasteiger partial charge in [-0.05, 0) is 86.6 Å². The van der Waals surface area contributed by atoms with E-state index in [1.807, 2.05) is 28.7 Å². The first-order valence-corrected chi connectivity index (χ1v) is 10.0. The van der Waals surface area contributed by atoms with E-state index in [0.717, 1.165) is 0 Å². The first-order valence-electron chi connectivity index (χ1n) is 8.13. The van der Waals surface area contributed by atoms with Crippen molar-refractivity contribution in [2.75, 3.05) is 26.1 Å². The molecule has 2 rings (SSSR count). The lowest BCUT2D eigenvalue weighted by atomic mass is 10.1. The first-order chi connectivity index (χ1) is 13.9. The summed E-state index contributed by atoms with van der Waals surface area (Å²) >= 11 is 5.42. The number of halogens is 2. The van der Waals surface area contributed by atoms with E-state index in [-0.39, 0.29) is 12.2 Å². The van der Waals surface area contributed by atoms with Crippen molar-refractivity contribution in [1.82, 2.24) is 0 Å². The Morgan fingerprint density at radius 3 is 2.48 bits per heavy atom. The lowest BCUT2D eigenvalue weighted by Gasteiger charge is -2.11. The average Bonchev–Trinajstić information content (AvgIpc) is 2.71. The topological polar surface area (TPSA) is 97.7 Å². The maximum absolute atomic E-state index is 12.4. The number of nitrogens with zero attached hydrogens (tertiary/aromatic N) is 1. The molecule has 9 heteroatoms. The second kappa shape index (κ2) is 10.8. The molecule has 2 aromatic carbocycles. The van der Waals surface area contributed by atoms with Crippen molar-refractivity contribution in [3.63, 3.8) is 0 Å². The molecule has 0 aliphatic heterocycles. The SMILES string of the molecule is COC(=O)COc1c(Br)cc(/C=C(/C#N)C(=O)Nc2ccc(OC)cc2)cc1I. The smallest absolute Gasteiger partial charge is 0.343 e. The molecule has 0 aliphatic rings. The molecule has 0 saturated carbocycles. The van der Waals surface area contributed by atoms with Gasteiger partial charge in [-0.3, -0.25) is 4.79 Å². The summed E-state index contributed by atoms with van der Waals surface area (Å²) in [5.74, 6) is 0.0933. The number of benzene rings is 2. The zero-order valence-corrected chi connectivity index (χ0v) is 19.2. The number of amides is 1. The predicted molar refractivity (Wildman–Crippen MR) is 120 cm³/mol. The fraction of sp³-hybridized carbons (Fsp3) is 0.150. The van der Waals surface area contributed by atoms with E-state index in [9.17, 15) is 14.9 Å². The van der Waals surface area contributed by atoms with Crippen molar-refractivity contribution < 1.29 is 23.8 Å². The molecule has 0 aromatic heterocycles. The highest BCUT2D eigenvalue weighted by atomic mass is 127. The number of nitrogens with one attached hydrogen (secondary N) is 1. The van der Waals surface area contributed by atoms with Crippen molar-refractivity contribution in [3.8, 4) is 17.6 Å². The van der Waals surface area contributed by atoms with Crippen LogP contribution in [0.3, 0.4) is 0 Å². The van der Waals surface area contributed by atoms with E-state index >= 15 is 0 Å². The molecule has 1 N–H and O–H groups in total. The summed E-state index contributed by atoms with van der Waals surface area (Å²) in [6.45, 7) is -0.228. The molecular formula is C20H16BrIN2O5. The summed E-state index contributed by atoms with van der Waals surface area (Å²) in [4.78, 5) is 23.7. The van der Waals surface area contributed by atoms with Crippen molar-refractivity contribution in [1.29, 1.82) is 5.26 Å². The average molecular weight is 571 g/mol. The van der Waals surface area contributed by atoms with Crippen LogP contribution in [-0.2, 0) is 14.3 Å². The third-order valence-corrected chi connectivity index (χ3v) is 5.00. The fourth-order valence-corrected chi connectivity index (χ4v) is 3.95. The Bertz CT molecular complexity index is 960. The number of rotatable bonds is 7. The van der Waals surface area contributed by atoms with E-state index in [4.69, 9.17) is 9.47 Å². The molecule has 0 fully saturated rings. The molecular weight excluding hydrogens is 555 g/mol. The van der Waals surface area contributed by atoms with Crippen molar-refractivity contribution in [3.05, 3.63) is 55.6 Å². The van der Waals surface area contributed by atoms with Crippen LogP contribution >= 0.6 is 38.5 Å². The monoisotopic (exact) mass is 570 g/mol. The third kappa shape index (κ3) is 6.47. The molecule has 2 aromatic rings. The molecule has 0 aliphatic carbocycles. The molecule has 0 bridgehead atoms. The highest BCUT2D eigenvalue weighted by Crippen LogP contribution is 2.32. The zero-order valence-electron chi connectivity index (χ0n) is 15.5. The van der Waals surface area contributed by atoms with Crippen molar-refractivity contribution in [2.24, 2.45) is 0 Å². The van der Waals surface area contributed by atoms with E-state index in [1.54, 1.807) is 43.5 Å². The van der Waals surface area contributed by atoms with Gasteiger partial charge in [0.15, 0.2) is 6.61 Å². The van der Waals surface area contributed by atoms with Crippen LogP contribution in [0.25, 0.3) is 6.08 Å². The van der Waals surface area contributed by atoms with Gasteiger partial charge >= 0.3 is 5.97 Å². The lowest BCUT2D eigenvalue weighted by Crippen LogP contribution is -2.14. The van der Waals surface area contributed by atoms with Crippen LogP contribution in [0.5, 0.6) is 11.5 Å². The Morgan fingerprint density at radius 2 is 1.93 bits per heavy atom. The summed E-state index contributed by atoms with van der Waals surface area (Å²) in [5.41, 5.74) is 1.10. The van der Waals surface area contributed by atoms with Crippen LogP contribution in [0.1, 0.15) is 5.56 Å². The molecule has 7 nitrogen and oxygen atoms in total. The highest BCUT2D eigenvalue weighted by Gasteiger charge is 2.14. The Morgan fingerprint density at radius 1 is 1.24 bits per heavy atom. The zero-order chi connectivity index (χ0) is 21.4. The van der Waals surface area contributed by atoms with E-state index in [0.29, 0.717) is 30.8 Å². The Balaban J connectivity index is 2.19. The Labute approximate surface area is 189 Å². The van der Waals surface area contributed by atoms with E-state index in [2.05, 4.69) is 26.0 Å². The minimum Gasteiger partial charge on any atom is -0.497 e.